The molecule has 1 aliphatic carbocycles. The summed E-state index contributed by atoms with van der Waals surface area (Å²) >= 11 is 0. The normalized spacial score (nSPS) is 26.9. The summed E-state index contributed by atoms with van der Waals surface area (Å²) in [6.45, 7) is 0. The Morgan fingerprint density at radius 3 is 2.36 bits per heavy atom. The van der Waals surface area contributed by atoms with Crippen molar-refractivity contribution in [3.05, 3.63) is 35.9 Å². The van der Waals surface area contributed by atoms with E-state index in [2.05, 4.69) is 0 Å². The van der Waals surface area contributed by atoms with Crippen LogP contribution in [0.4, 0.5) is 0 Å². The molecular weight excluding hydrogens is 278 g/mol. The van der Waals surface area contributed by atoms with E-state index in [0.29, 0.717) is 12.8 Å². The van der Waals surface area contributed by atoms with E-state index in [1.54, 1.807) is 0 Å². The Kier molecular flexibility index (Phi) is 4.46. The van der Waals surface area contributed by atoms with Crippen LogP contribution in [0.15, 0.2) is 30.3 Å². The smallest absolute Gasteiger partial charge is 0.308 e. The van der Waals surface area contributed by atoms with Gasteiger partial charge in [-0.25, -0.2) is 0 Å². The van der Waals surface area contributed by atoms with E-state index >= 15 is 0 Å². The number of carbonyl (C=O) groups is 2. The molecule has 0 spiro atoms. The van der Waals surface area contributed by atoms with Gasteiger partial charge in [0.2, 0.25) is 5.91 Å². The van der Waals surface area contributed by atoms with Crippen molar-refractivity contribution in [2.45, 2.75) is 57.0 Å². The molecule has 0 aromatic heterocycles. The molecule has 1 N–H and O–H groups in total. The van der Waals surface area contributed by atoms with Gasteiger partial charge in [-0.15, -0.1) is 0 Å². The average Bonchev–Trinajstić information content (AvgIpc) is 2.56. The first-order valence-electron chi connectivity index (χ1n) is 8.27. The fourth-order valence-corrected chi connectivity index (χ4v) is 4.01. The maximum atomic E-state index is 12.6. The summed E-state index contributed by atoms with van der Waals surface area (Å²) < 4.78 is 0. The minimum absolute atomic E-state index is 0.123. The summed E-state index contributed by atoms with van der Waals surface area (Å²) in [5, 5.41) is 9.63. The van der Waals surface area contributed by atoms with Gasteiger partial charge in [-0.1, -0.05) is 49.6 Å². The molecule has 118 valence electrons. The highest BCUT2D eigenvalue weighted by Crippen LogP contribution is 2.40. The number of rotatable bonds is 3. The number of carbonyl (C=O) groups excluding carboxylic acids is 1. The summed E-state index contributed by atoms with van der Waals surface area (Å²) in [7, 11) is 0. The number of nitrogens with zero attached hydrogens (tertiary/aromatic N) is 1. The lowest BCUT2D eigenvalue weighted by Gasteiger charge is -2.45. The topological polar surface area (TPSA) is 57.6 Å². The van der Waals surface area contributed by atoms with Crippen LogP contribution in [0.3, 0.4) is 0 Å². The average molecular weight is 301 g/mol. The molecule has 4 heteroatoms. The summed E-state index contributed by atoms with van der Waals surface area (Å²) in [4.78, 5) is 26.2. The van der Waals surface area contributed by atoms with E-state index in [4.69, 9.17) is 0 Å². The summed E-state index contributed by atoms with van der Waals surface area (Å²) in [6, 6.07) is 9.56. The SMILES string of the molecule is O=C(O)[C@H]1CCC(=O)N(C2CCCCC2)[C@H]1c1ccccc1. The number of piperidine rings is 1. The number of benzene rings is 1. The molecule has 1 aromatic carbocycles. The van der Waals surface area contributed by atoms with Gasteiger partial charge in [0.1, 0.15) is 0 Å². The largest absolute Gasteiger partial charge is 0.481 e. The molecule has 3 rings (SSSR count). The second kappa shape index (κ2) is 6.51. The van der Waals surface area contributed by atoms with Gasteiger partial charge < -0.3 is 10.0 Å². The monoisotopic (exact) mass is 301 g/mol. The second-order valence-corrected chi connectivity index (χ2v) is 6.43. The molecule has 22 heavy (non-hydrogen) atoms. The van der Waals surface area contributed by atoms with Crippen LogP contribution in [0.2, 0.25) is 0 Å². The summed E-state index contributed by atoms with van der Waals surface area (Å²) in [5.74, 6) is -1.16. The first kappa shape index (κ1) is 15.1. The van der Waals surface area contributed by atoms with Crippen molar-refractivity contribution in [3.8, 4) is 0 Å². The third kappa shape index (κ3) is 2.87. The zero-order valence-corrected chi connectivity index (χ0v) is 12.8. The number of likely N-dealkylation sites (tertiary alicyclic amines) is 1. The minimum atomic E-state index is -0.790. The standard InChI is InChI=1S/C18H23NO3/c20-16-12-11-15(18(21)22)17(13-7-3-1-4-8-13)19(16)14-9-5-2-6-10-14/h1,3-4,7-8,14-15,17H,2,5-6,9-12H2,(H,21,22)/t15-,17-/m0/s1. The van der Waals surface area contributed by atoms with E-state index in [1.807, 2.05) is 35.2 Å². The van der Waals surface area contributed by atoms with Crippen LogP contribution in [-0.4, -0.2) is 27.9 Å². The van der Waals surface area contributed by atoms with Crippen molar-refractivity contribution in [1.29, 1.82) is 0 Å². The van der Waals surface area contributed by atoms with Crippen molar-refractivity contribution in [3.63, 3.8) is 0 Å². The number of amides is 1. The Morgan fingerprint density at radius 2 is 1.73 bits per heavy atom. The van der Waals surface area contributed by atoms with Crippen LogP contribution in [0.25, 0.3) is 0 Å². The lowest BCUT2D eigenvalue weighted by molar-refractivity contribution is -0.154. The third-order valence-corrected chi connectivity index (χ3v) is 5.06. The van der Waals surface area contributed by atoms with Gasteiger partial charge in [0, 0.05) is 12.5 Å². The molecule has 1 heterocycles. The quantitative estimate of drug-likeness (QED) is 0.931. The van der Waals surface area contributed by atoms with Crippen LogP contribution in [0, 0.1) is 5.92 Å². The lowest BCUT2D eigenvalue weighted by Crippen LogP contribution is -2.50. The number of aliphatic carboxylic acids is 1. The molecule has 0 bridgehead atoms. The van der Waals surface area contributed by atoms with Gasteiger partial charge in [-0.3, -0.25) is 9.59 Å². The van der Waals surface area contributed by atoms with Gasteiger partial charge in [0.25, 0.3) is 0 Å². The van der Waals surface area contributed by atoms with Gasteiger partial charge >= 0.3 is 5.97 Å². The van der Waals surface area contributed by atoms with E-state index < -0.39 is 11.9 Å². The van der Waals surface area contributed by atoms with E-state index in [1.165, 1.54) is 6.42 Å². The molecule has 1 saturated heterocycles. The molecule has 1 aliphatic heterocycles. The number of carboxylic acids is 1. The number of hydrogen-bond donors (Lipinski definition) is 1. The third-order valence-electron chi connectivity index (χ3n) is 5.06. The molecule has 1 aromatic rings. The van der Waals surface area contributed by atoms with Crippen molar-refractivity contribution < 1.29 is 14.7 Å². The van der Waals surface area contributed by atoms with E-state index in [-0.39, 0.29) is 18.0 Å². The lowest BCUT2D eigenvalue weighted by atomic mass is 9.81. The molecule has 1 amide bonds. The van der Waals surface area contributed by atoms with Crippen LogP contribution in [0.5, 0.6) is 0 Å². The highest BCUT2D eigenvalue weighted by Gasteiger charge is 2.43. The van der Waals surface area contributed by atoms with Gasteiger partial charge in [0.05, 0.1) is 12.0 Å². The maximum absolute atomic E-state index is 12.6. The fourth-order valence-electron chi connectivity index (χ4n) is 4.01. The number of hydrogen-bond acceptors (Lipinski definition) is 2. The molecule has 2 aliphatic rings. The minimum Gasteiger partial charge on any atom is -0.481 e. The molecule has 2 atom stereocenters. The maximum Gasteiger partial charge on any atom is 0.308 e. The van der Waals surface area contributed by atoms with Crippen molar-refractivity contribution in [1.82, 2.24) is 4.90 Å². The molecule has 4 nitrogen and oxygen atoms in total. The molecule has 2 fully saturated rings. The Hall–Kier alpha value is -1.84. The Morgan fingerprint density at radius 1 is 1.05 bits per heavy atom. The zero-order chi connectivity index (χ0) is 15.5. The van der Waals surface area contributed by atoms with Gasteiger partial charge in [-0.2, -0.15) is 0 Å². The fraction of sp³-hybridized carbons (Fsp3) is 0.556. The molecule has 1 saturated carbocycles. The zero-order valence-electron chi connectivity index (χ0n) is 12.8. The Bertz CT molecular complexity index is 537. The van der Waals surface area contributed by atoms with Crippen LogP contribution < -0.4 is 0 Å². The first-order valence-corrected chi connectivity index (χ1v) is 8.27. The predicted molar refractivity (Wildman–Crippen MR) is 83.3 cm³/mol. The second-order valence-electron chi connectivity index (χ2n) is 6.43. The van der Waals surface area contributed by atoms with E-state index in [0.717, 1.165) is 31.2 Å². The summed E-state index contributed by atoms with van der Waals surface area (Å²) in [6.07, 6.45) is 6.29. The van der Waals surface area contributed by atoms with Crippen molar-refractivity contribution >= 4 is 11.9 Å². The molecular formula is C18H23NO3. The van der Waals surface area contributed by atoms with Crippen LogP contribution >= 0.6 is 0 Å². The highest BCUT2D eigenvalue weighted by atomic mass is 16.4. The molecule has 0 radical (unpaired) electrons. The summed E-state index contributed by atoms with van der Waals surface area (Å²) in [5.41, 5.74) is 0.952. The van der Waals surface area contributed by atoms with Crippen LogP contribution in [0.1, 0.15) is 56.6 Å². The van der Waals surface area contributed by atoms with E-state index in [9.17, 15) is 14.7 Å². The highest BCUT2D eigenvalue weighted by molar-refractivity contribution is 5.82. The van der Waals surface area contributed by atoms with Crippen molar-refractivity contribution in [2.75, 3.05) is 0 Å². The van der Waals surface area contributed by atoms with Gasteiger partial charge in [0.15, 0.2) is 0 Å². The predicted octanol–water partition coefficient (Wildman–Crippen LogP) is 3.38. The Balaban J connectivity index is 1.97. The van der Waals surface area contributed by atoms with Gasteiger partial charge in [-0.05, 0) is 24.8 Å². The Labute approximate surface area is 131 Å². The number of carboxylic acid groups (broad SMARTS) is 1. The van der Waals surface area contributed by atoms with Crippen molar-refractivity contribution in [2.24, 2.45) is 5.92 Å². The first-order chi connectivity index (χ1) is 10.7. The molecule has 0 unspecified atom stereocenters. The van der Waals surface area contributed by atoms with Crippen LogP contribution in [-0.2, 0) is 9.59 Å².